The molecular formula is C12H14BrNO4. The van der Waals surface area contributed by atoms with Gasteiger partial charge in [0, 0.05) is 17.0 Å². The van der Waals surface area contributed by atoms with E-state index in [1.165, 1.54) is 6.07 Å². The average molecular weight is 316 g/mol. The topological polar surface area (TPSA) is 69.4 Å². The molecule has 0 heterocycles. The number of rotatable bonds is 5. The molecular weight excluding hydrogens is 302 g/mol. The highest BCUT2D eigenvalue weighted by Crippen LogP contribution is 2.25. The molecule has 98 valence electrons. The molecule has 0 aliphatic rings. The van der Waals surface area contributed by atoms with Crippen LogP contribution in [0.15, 0.2) is 12.1 Å². The van der Waals surface area contributed by atoms with Crippen LogP contribution < -0.4 is 0 Å². The second-order valence-electron chi connectivity index (χ2n) is 3.78. The monoisotopic (exact) mass is 315 g/mol. The Balaban J connectivity index is 3.11. The Kier molecular flexibility index (Phi) is 5.27. The van der Waals surface area contributed by atoms with Crippen molar-refractivity contribution in [3.8, 4) is 0 Å². The van der Waals surface area contributed by atoms with E-state index in [0.29, 0.717) is 23.1 Å². The summed E-state index contributed by atoms with van der Waals surface area (Å²) < 4.78 is 4.85. The van der Waals surface area contributed by atoms with Crippen LogP contribution in [0, 0.1) is 17.0 Å². The summed E-state index contributed by atoms with van der Waals surface area (Å²) in [5, 5.41) is 11.4. The van der Waals surface area contributed by atoms with Crippen molar-refractivity contribution in [1.29, 1.82) is 0 Å². The van der Waals surface area contributed by atoms with Crippen LogP contribution in [0.25, 0.3) is 0 Å². The molecule has 0 bridgehead atoms. The second-order valence-corrected chi connectivity index (χ2v) is 4.34. The van der Waals surface area contributed by atoms with Crippen LogP contribution in [0.1, 0.15) is 23.6 Å². The third kappa shape index (κ3) is 3.53. The number of halogens is 1. The minimum atomic E-state index is -0.442. The molecule has 0 N–H and O–H groups in total. The van der Waals surface area contributed by atoms with E-state index in [2.05, 4.69) is 15.9 Å². The van der Waals surface area contributed by atoms with Crippen LogP contribution in [0.4, 0.5) is 5.69 Å². The van der Waals surface area contributed by atoms with E-state index in [4.69, 9.17) is 4.74 Å². The van der Waals surface area contributed by atoms with Crippen LogP contribution in [0.2, 0.25) is 0 Å². The van der Waals surface area contributed by atoms with Crippen molar-refractivity contribution >= 4 is 27.6 Å². The van der Waals surface area contributed by atoms with Crippen molar-refractivity contribution in [1.82, 2.24) is 0 Å². The Bertz CT molecular complexity index is 473. The van der Waals surface area contributed by atoms with Gasteiger partial charge in [0.15, 0.2) is 0 Å². The number of nitrogens with zero attached hydrogens (tertiary/aromatic N) is 1. The zero-order valence-electron chi connectivity index (χ0n) is 10.2. The molecule has 6 heteroatoms. The Morgan fingerprint density at radius 3 is 2.61 bits per heavy atom. The number of carbonyl (C=O) groups is 1. The third-order valence-corrected chi connectivity index (χ3v) is 3.10. The molecule has 0 aliphatic carbocycles. The van der Waals surface area contributed by atoms with E-state index in [9.17, 15) is 14.9 Å². The molecule has 0 aliphatic heterocycles. The summed E-state index contributed by atoms with van der Waals surface area (Å²) in [5.41, 5.74) is 2.11. The summed E-state index contributed by atoms with van der Waals surface area (Å²) in [6.07, 6.45) is 0.0515. The molecule has 0 spiro atoms. The maximum Gasteiger partial charge on any atom is 0.310 e. The number of esters is 1. The van der Waals surface area contributed by atoms with Crippen molar-refractivity contribution in [3.63, 3.8) is 0 Å². The van der Waals surface area contributed by atoms with Gasteiger partial charge < -0.3 is 4.74 Å². The molecule has 0 radical (unpaired) electrons. The molecule has 0 saturated heterocycles. The Morgan fingerprint density at radius 1 is 1.44 bits per heavy atom. The number of nitro groups is 1. The molecule has 0 atom stereocenters. The van der Waals surface area contributed by atoms with Gasteiger partial charge in [0.25, 0.3) is 5.69 Å². The lowest BCUT2D eigenvalue weighted by atomic mass is 10.0. The SMILES string of the molecule is CCOC(=O)Cc1cc([N+](=O)[O-])c(C)cc1CBr. The van der Waals surface area contributed by atoms with Crippen LogP contribution in [-0.2, 0) is 21.3 Å². The fourth-order valence-corrected chi connectivity index (χ4v) is 2.17. The van der Waals surface area contributed by atoms with E-state index in [1.54, 1.807) is 19.9 Å². The minimum absolute atomic E-state index is 0.0269. The summed E-state index contributed by atoms with van der Waals surface area (Å²) >= 11 is 3.31. The summed E-state index contributed by atoms with van der Waals surface area (Å²) in [6, 6.07) is 3.17. The van der Waals surface area contributed by atoms with Crippen molar-refractivity contribution in [2.45, 2.75) is 25.6 Å². The predicted octanol–water partition coefficient (Wildman–Crippen LogP) is 2.90. The number of carbonyl (C=O) groups excluding carboxylic acids is 1. The van der Waals surface area contributed by atoms with Gasteiger partial charge in [-0.25, -0.2) is 0 Å². The zero-order chi connectivity index (χ0) is 13.7. The Labute approximate surface area is 113 Å². The van der Waals surface area contributed by atoms with Gasteiger partial charge in [-0.05, 0) is 31.0 Å². The van der Waals surface area contributed by atoms with E-state index < -0.39 is 4.92 Å². The maximum absolute atomic E-state index is 11.4. The number of hydrogen-bond acceptors (Lipinski definition) is 4. The molecule has 0 saturated carbocycles. The molecule has 0 aromatic heterocycles. The van der Waals surface area contributed by atoms with Crippen LogP contribution in [0.3, 0.4) is 0 Å². The largest absolute Gasteiger partial charge is 0.466 e. The highest BCUT2D eigenvalue weighted by molar-refractivity contribution is 9.08. The quantitative estimate of drug-likeness (QED) is 0.362. The zero-order valence-corrected chi connectivity index (χ0v) is 11.8. The predicted molar refractivity (Wildman–Crippen MR) is 70.8 cm³/mol. The van der Waals surface area contributed by atoms with E-state index in [-0.39, 0.29) is 18.1 Å². The van der Waals surface area contributed by atoms with Gasteiger partial charge in [-0.2, -0.15) is 0 Å². The maximum atomic E-state index is 11.4. The van der Waals surface area contributed by atoms with E-state index >= 15 is 0 Å². The van der Waals surface area contributed by atoms with E-state index in [0.717, 1.165) is 5.56 Å². The first-order valence-corrected chi connectivity index (χ1v) is 6.60. The molecule has 0 fully saturated rings. The molecule has 18 heavy (non-hydrogen) atoms. The van der Waals surface area contributed by atoms with Crippen molar-refractivity contribution < 1.29 is 14.5 Å². The lowest BCUT2D eigenvalue weighted by molar-refractivity contribution is -0.385. The third-order valence-electron chi connectivity index (χ3n) is 2.50. The fraction of sp³-hybridized carbons (Fsp3) is 0.417. The lowest BCUT2D eigenvalue weighted by Crippen LogP contribution is -2.09. The van der Waals surface area contributed by atoms with Crippen LogP contribution in [-0.4, -0.2) is 17.5 Å². The van der Waals surface area contributed by atoms with Gasteiger partial charge in [0.2, 0.25) is 0 Å². The Morgan fingerprint density at radius 2 is 2.11 bits per heavy atom. The summed E-state index contributed by atoms with van der Waals surface area (Å²) in [5.74, 6) is -0.377. The van der Waals surface area contributed by atoms with Crippen LogP contribution >= 0.6 is 15.9 Å². The average Bonchev–Trinajstić information content (AvgIpc) is 2.30. The first-order valence-electron chi connectivity index (χ1n) is 5.48. The smallest absolute Gasteiger partial charge is 0.310 e. The number of hydrogen-bond donors (Lipinski definition) is 0. The van der Waals surface area contributed by atoms with Gasteiger partial charge in [-0.3, -0.25) is 14.9 Å². The molecule has 0 unspecified atom stereocenters. The second kappa shape index (κ2) is 6.49. The summed E-state index contributed by atoms with van der Waals surface area (Å²) in [6.45, 7) is 3.70. The Hall–Kier alpha value is -1.43. The standard InChI is InChI=1S/C12H14BrNO4/c1-3-18-12(15)6-9-5-11(14(16)17)8(2)4-10(9)7-13/h4-5H,3,6-7H2,1-2H3. The molecule has 1 aromatic carbocycles. The van der Waals surface area contributed by atoms with Gasteiger partial charge in [0.1, 0.15) is 0 Å². The van der Waals surface area contributed by atoms with Crippen LogP contribution in [0.5, 0.6) is 0 Å². The van der Waals surface area contributed by atoms with Gasteiger partial charge in [-0.15, -0.1) is 0 Å². The van der Waals surface area contributed by atoms with Gasteiger partial charge in [0.05, 0.1) is 18.0 Å². The first-order chi connectivity index (χ1) is 8.49. The van der Waals surface area contributed by atoms with Gasteiger partial charge >= 0.3 is 5.97 Å². The highest BCUT2D eigenvalue weighted by Gasteiger charge is 2.17. The minimum Gasteiger partial charge on any atom is -0.466 e. The molecule has 1 rings (SSSR count). The summed E-state index contributed by atoms with van der Waals surface area (Å²) in [4.78, 5) is 21.9. The van der Waals surface area contributed by atoms with Crippen molar-refractivity contribution in [2.24, 2.45) is 0 Å². The lowest BCUT2D eigenvalue weighted by Gasteiger charge is -2.08. The number of alkyl halides is 1. The highest BCUT2D eigenvalue weighted by atomic mass is 79.9. The molecule has 1 aromatic rings. The molecule has 5 nitrogen and oxygen atoms in total. The summed E-state index contributed by atoms with van der Waals surface area (Å²) in [7, 11) is 0. The number of aryl methyl sites for hydroxylation is 1. The number of ether oxygens (including phenoxy) is 1. The van der Waals surface area contributed by atoms with E-state index in [1.807, 2.05) is 0 Å². The molecule has 0 amide bonds. The first kappa shape index (κ1) is 14.6. The number of nitro benzene ring substituents is 1. The van der Waals surface area contributed by atoms with Crippen molar-refractivity contribution in [2.75, 3.05) is 6.61 Å². The van der Waals surface area contributed by atoms with Gasteiger partial charge in [-0.1, -0.05) is 15.9 Å². The van der Waals surface area contributed by atoms with Crippen molar-refractivity contribution in [3.05, 3.63) is 38.9 Å². The number of benzene rings is 1. The fourth-order valence-electron chi connectivity index (χ4n) is 1.65. The normalized spacial score (nSPS) is 10.2.